The summed E-state index contributed by atoms with van der Waals surface area (Å²) in [5.74, 6) is 1.29. The predicted molar refractivity (Wildman–Crippen MR) is 77.5 cm³/mol. The van der Waals surface area contributed by atoms with Crippen LogP contribution < -0.4 is 10.6 Å². The molecule has 2 fully saturated rings. The van der Waals surface area contributed by atoms with E-state index in [1.807, 2.05) is 4.68 Å². The van der Waals surface area contributed by atoms with Crippen LogP contribution >= 0.6 is 0 Å². The molecule has 19 heavy (non-hydrogen) atoms. The van der Waals surface area contributed by atoms with Gasteiger partial charge in [-0.05, 0) is 32.7 Å². The Balaban J connectivity index is 1.74. The molecule has 0 amide bonds. The van der Waals surface area contributed by atoms with Crippen LogP contribution in [0.15, 0.2) is 0 Å². The van der Waals surface area contributed by atoms with Crippen LogP contribution in [0.2, 0.25) is 0 Å². The van der Waals surface area contributed by atoms with E-state index in [0.29, 0.717) is 6.54 Å². The van der Waals surface area contributed by atoms with E-state index in [2.05, 4.69) is 28.9 Å². The van der Waals surface area contributed by atoms with Crippen molar-refractivity contribution in [2.45, 2.75) is 32.2 Å². The van der Waals surface area contributed by atoms with Crippen LogP contribution in [0.3, 0.4) is 0 Å². The number of piperazine rings is 1. The monoisotopic (exact) mass is 263 g/mol. The van der Waals surface area contributed by atoms with Crippen LogP contribution in [0.25, 0.3) is 0 Å². The molecule has 2 heterocycles. The molecule has 3 rings (SSSR count). The van der Waals surface area contributed by atoms with Crippen LogP contribution in [-0.4, -0.2) is 53.4 Å². The summed E-state index contributed by atoms with van der Waals surface area (Å²) in [5, 5.41) is 4.58. The van der Waals surface area contributed by atoms with E-state index in [1.165, 1.54) is 37.3 Å². The predicted octanol–water partition coefficient (Wildman–Crippen LogP) is 0.514. The molecule has 1 saturated carbocycles. The van der Waals surface area contributed by atoms with E-state index in [1.54, 1.807) is 0 Å². The third kappa shape index (κ3) is 2.49. The number of nitrogens with two attached hydrogens (primary N) is 1. The molecular weight excluding hydrogens is 238 g/mol. The molecule has 2 aliphatic rings. The van der Waals surface area contributed by atoms with Gasteiger partial charge in [-0.2, -0.15) is 5.10 Å². The summed E-state index contributed by atoms with van der Waals surface area (Å²) in [4.78, 5) is 5.13. The van der Waals surface area contributed by atoms with E-state index in [0.717, 1.165) is 31.2 Å². The van der Waals surface area contributed by atoms with Gasteiger partial charge in [-0.3, -0.25) is 9.58 Å². The Labute approximate surface area is 115 Å². The van der Waals surface area contributed by atoms with Crippen LogP contribution in [0.4, 0.5) is 5.82 Å². The van der Waals surface area contributed by atoms with E-state index in [9.17, 15) is 0 Å². The first-order valence-corrected chi connectivity index (χ1v) is 7.42. The molecule has 5 nitrogen and oxygen atoms in total. The Morgan fingerprint density at radius 1 is 1.21 bits per heavy atom. The summed E-state index contributed by atoms with van der Waals surface area (Å²) >= 11 is 0. The van der Waals surface area contributed by atoms with Crippen molar-refractivity contribution >= 4 is 5.82 Å². The van der Waals surface area contributed by atoms with E-state index in [-0.39, 0.29) is 0 Å². The fourth-order valence-corrected chi connectivity index (χ4v) is 3.26. The smallest absolute Gasteiger partial charge is 0.130 e. The quantitative estimate of drug-likeness (QED) is 0.860. The molecule has 106 valence electrons. The maximum atomic E-state index is 5.74. The molecule has 0 radical (unpaired) electrons. The topological polar surface area (TPSA) is 50.3 Å². The molecular formula is C14H25N5. The molecule has 0 spiro atoms. The number of nitrogens with zero attached hydrogens (tertiary/aromatic N) is 4. The fourth-order valence-electron chi connectivity index (χ4n) is 3.26. The van der Waals surface area contributed by atoms with Crippen LogP contribution in [0.5, 0.6) is 0 Å². The highest BCUT2D eigenvalue weighted by molar-refractivity contribution is 5.50. The van der Waals surface area contributed by atoms with Gasteiger partial charge in [-0.1, -0.05) is 0 Å². The number of anilines is 1. The maximum Gasteiger partial charge on any atom is 0.130 e. The number of aryl methyl sites for hydroxylation is 2. The van der Waals surface area contributed by atoms with Gasteiger partial charge >= 0.3 is 0 Å². The molecule has 0 bridgehead atoms. The zero-order valence-electron chi connectivity index (χ0n) is 12.1. The number of rotatable bonds is 4. The highest BCUT2D eigenvalue weighted by Gasteiger charge is 2.32. The third-order valence-corrected chi connectivity index (χ3v) is 4.38. The normalized spacial score (nSPS) is 21.1. The molecule has 0 aromatic carbocycles. The first-order chi connectivity index (χ1) is 9.20. The van der Waals surface area contributed by atoms with Crippen LogP contribution in [0, 0.1) is 6.92 Å². The van der Waals surface area contributed by atoms with E-state index < -0.39 is 0 Å². The van der Waals surface area contributed by atoms with Crippen molar-refractivity contribution in [3.8, 4) is 0 Å². The van der Waals surface area contributed by atoms with Crippen molar-refractivity contribution < 1.29 is 0 Å². The summed E-state index contributed by atoms with van der Waals surface area (Å²) in [7, 11) is 2.05. The van der Waals surface area contributed by atoms with Crippen LogP contribution in [-0.2, 0) is 13.5 Å². The lowest BCUT2D eigenvalue weighted by atomic mass is 10.1. The van der Waals surface area contributed by atoms with Gasteiger partial charge in [-0.15, -0.1) is 0 Å². The Bertz CT molecular complexity index is 441. The molecule has 0 atom stereocenters. The highest BCUT2D eigenvalue weighted by Crippen LogP contribution is 2.30. The van der Waals surface area contributed by atoms with Crippen molar-refractivity contribution in [3.63, 3.8) is 0 Å². The first-order valence-electron chi connectivity index (χ1n) is 7.42. The average Bonchev–Trinajstić information content (AvgIpc) is 3.19. The van der Waals surface area contributed by atoms with Gasteiger partial charge in [-0.25, -0.2) is 0 Å². The van der Waals surface area contributed by atoms with Gasteiger partial charge in [0, 0.05) is 44.8 Å². The van der Waals surface area contributed by atoms with Crippen molar-refractivity contribution in [1.82, 2.24) is 14.7 Å². The second-order valence-electron chi connectivity index (χ2n) is 5.80. The Kier molecular flexibility index (Phi) is 3.50. The largest absolute Gasteiger partial charge is 0.354 e. The minimum absolute atomic E-state index is 0.696. The first kappa shape index (κ1) is 12.9. The zero-order chi connectivity index (χ0) is 13.4. The summed E-state index contributed by atoms with van der Waals surface area (Å²) in [6, 6.07) is 0.888. The van der Waals surface area contributed by atoms with Gasteiger partial charge < -0.3 is 10.6 Å². The van der Waals surface area contributed by atoms with Gasteiger partial charge in [0.05, 0.1) is 5.69 Å². The van der Waals surface area contributed by atoms with Gasteiger partial charge in [0.2, 0.25) is 0 Å². The SMILES string of the molecule is Cc1nn(C)c(N2CCN(C3CC3)CC2)c1CCN. The van der Waals surface area contributed by atoms with E-state index in [4.69, 9.17) is 5.73 Å². The van der Waals surface area contributed by atoms with Crippen LogP contribution in [0.1, 0.15) is 24.1 Å². The molecule has 5 heteroatoms. The molecule has 1 aliphatic carbocycles. The second kappa shape index (κ2) is 5.13. The lowest BCUT2D eigenvalue weighted by molar-refractivity contribution is 0.247. The Morgan fingerprint density at radius 3 is 2.47 bits per heavy atom. The second-order valence-corrected chi connectivity index (χ2v) is 5.80. The lowest BCUT2D eigenvalue weighted by Crippen LogP contribution is -2.48. The number of hydrogen-bond acceptors (Lipinski definition) is 4. The number of hydrogen-bond donors (Lipinski definition) is 1. The minimum Gasteiger partial charge on any atom is -0.354 e. The maximum absolute atomic E-state index is 5.74. The van der Waals surface area contributed by atoms with Crippen molar-refractivity contribution in [2.75, 3.05) is 37.6 Å². The summed E-state index contributed by atoms with van der Waals surface area (Å²) in [6.45, 7) is 7.41. The van der Waals surface area contributed by atoms with Gasteiger partial charge in [0.1, 0.15) is 5.82 Å². The minimum atomic E-state index is 0.696. The summed E-state index contributed by atoms with van der Waals surface area (Å²) in [6.07, 6.45) is 3.74. The fraction of sp³-hybridized carbons (Fsp3) is 0.786. The average molecular weight is 263 g/mol. The summed E-state index contributed by atoms with van der Waals surface area (Å²) in [5.41, 5.74) is 8.21. The van der Waals surface area contributed by atoms with Crippen molar-refractivity contribution in [1.29, 1.82) is 0 Å². The highest BCUT2D eigenvalue weighted by atomic mass is 15.4. The van der Waals surface area contributed by atoms with Crippen molar-refractivity contribution in [3.05, 3.63) is 11.3 Å². The molecule has 1 saturated heterocycles. The van der Waals surface area contributed by atoms with Crippen molar-refractivity contribution in [2.24, 2.45) is 12.8 Å². The molecule has 1 aromatic rings. The molecule has 1 aliphatic heterocycles. The molecule has 1 aromatic heterocycles. The molecule has 2 N–H and O–H groups in total. The van der Waals surface area contributed by atoms with Gasteiger partial charge in [0.15, 0.2) is 0 Å². The number of aromatic nitrogens is 2. The molecule has 0 unspecified atom stereocenters. The van der Waals surface area contributed by atoms with E-state index >= 15 is 0 Å². The summed E-state index contributed by atoms with van der Waals surface area (Å²) < 4.78 is 2.03. The standard InChI is InChI=1S/C14H25N5/c1-11-13(5-6-15)14(17(2)16-11)19-9-7-18(8-10-19)12-3-4-12/h12H,3-10,15H2,1-2H3. The Morgan fingerprint density at radius 2 is 1.89 bits per heavy atom. The Hall–Kier alpha value is -1.07. The zero-order valence-corrected chi connectivity index (χ0v) is 12.1. The lowest BCUT2D eigenvalue weighted by Gasteiger charge is -2.36. The van der Waals surface area contributed by atoms with Gasteiger partial charge in [0.25, 0.3) is 0 Å². The third-order valence-electron chi connectivity index (χ3n) is 4.38.